The summed E-state index contributed by atoms with van der Waals surface area (Å²) in [6.07, 6.45) is 2.68. The molecule has 0 saturated heterocycles. The van der Waals surface area contributed by atoms with Crippen LogP contribution in [0.1, 0.15) is 36.8 Å². The maximum atomic E-state index is 5.70. The Morgan fingerprint density at radius 3 is 2.53 bits per heavy atom. The van der Waals surface area contributed by atoms with E-state index >= 15 is 0 Å². The molecule has 1 aromatic rings. The molecule has 1 aromatic carbocycles. The van der Waals surface area contributed by atoms with Crippen molar-refractivity contribution in [3.63, 3.8) is 0 Å². The number of nitrogens with zero attached hydrogens (tertiary/aromatic N) is 1. The second-order valence-corrected chi connectivity index (χ2v) is 5.57. The molecule has 2 N–H and O–H groups in total. The van der Waals surface area contributed by atoms with Gasteiger partial charge in [-0.1, -0.05) is 31.2 Å². The van der Waals surface area contributed by atoms with Crippen LogP contribution >= 0.6 is 0 Å². The number of rotatable bonds is 8. The molecule has 1 fully saturated rings. The first kappa shape index (κ1) is 14.5. The van der Waals surface area contributed by atoms with Gasteiger partial charge in [0.25, 0.3) is 0 Å². The molecule has 0 spiro atoms. The van der Waals surface area contributed by atoms with E-state index in [1.165, 1.54) is 24.0 Å². The molecule has 3 heteroatoms. The molecule has 1 unspecified atom stereocenters. The second kappa shape index (κ2) is 7.04. The molecular formula is C16H26N2O. The molecule has 2 rings (SSSR count). The van der Waals surface area contributed by atoms with E-state index in [0.717, 1.165) is 25.7 Å². The Kier molecular flexibility index (Phi) is 5.37. The second-order valence-electron chi connectivity index (χ2n) is 5.57. The molecule has 0 heterocycles. The fraction of sp³-hybridized carbons (Fsp3) is 0.625. The van der Waals surface area contributed by atoms with Gasteiger partial charge in [-0.2, -0.15) is 0 Å². The van der Waals surface area contributed by atoms with Crippen LogP contribution < -0.4 is 5.73 Å². The summed E-state index contributed by atoms with van der Waals surface area (Å²) < 4.78 is 5.20. The Morgan fingerprint density at radius 1 is 1.32 bits per heavy atom. The molecule has 0 amide bonds. The molecule has 0 bridgehead atoms. The molecule has 1 aliphatic carbocycles. The molecule has 0 aromatic heterocycles. The molecular weight excluding hydrogens is 236 g/mol. The predicted octanol–water partition coefficient (Wildman–Crippen LogP) is 2.36. The SMILES string of the molecule is COCCN(Cc1ccc(C(C)CN)cc1)C1CC1. The van der Waals surface area contributed by atoms with Gasteiger partial charge in [-0.3, -0.25) is 4.90 Å². The quantitative estimate of drug-likeness (QED) is 0.781. The topological polar surface area (TPSA) is 38.5 Å². The molecule has 19 heavy (non-hydrogen) atoms. The molecule has 0 aliphatic heterocycles. The highest BCUT2D eigenvalue weighted by atomic mass is 16.5. The lowest BCUT2D eigenvalue weighted by atomic mass is 10.00. The third kappa shape index (κ3) is 4.30. The third-order valence-corrected chi connectivity index (χ3v) is 3.93. The number of methoxy groups -OCH3 is 1. The Morgan fingerprint density at radius 2 is 2.00 bits per heavy atom. The van der Waals surface area contributed by atoms with Crippen LogP contribution in [0.25, 0.3) is 0 Å². The minimum absolute atomic E-state index is 0.446. The van der Waals surface area contributed by atoms with Gasteiger partial charge in [0, 0.05) is 26.2 Å². The van der Waals surface area contributed by atoms with Crippen LogP contribution in [0.2, 0.25) is 0 Å². The standard InChI is InChI=1S/C16H26N2O/c1-13(11-17)15-5-3-14(4-6-15)12-18(9-10-19-2)16-7-8-16/h3-6,13,16H,7-12,17H2,1-2H3. The summed E-state index contributed by atoms with van der Waals surface area (Å²) in [7, 11) is 1.77. The number of hydrogen-bond donors (Lipinski definition) is 1. The highest BCUT2D eigenvalue weighted by Crippen LogP contribution is 2.28. The summed E-state index contributed by atoms with van der Waals surface area (Å²) in [6, 6.07) is 9.69. The van der Waals surface area contributed by atoms with Crippen molar-refractivity contribution in [3.8, 4) is 0 Å². The first-order chi connectivity index (χ1) is 9.24. The van der Waals surface area contributed by atoms with Crippen molar-refractivity contribution in [2.24, 2.45) is 5.73 Å². The van der Waals surface area contributed by atoms with Crippen molar-refractivity contribution >= 4 is 0 Å². The summed E-state index contributed by atoms with van der Waals surface area (Å²) in [5.41, 5.74) is 8.42. The smallest absolute Gasteiger partial charge is 0.0589 e. The van der Waals surface area contributed by atoms with Crippen LogP contribution in [0.3, 0.4) is 0 Å². The van der Waals surface area contributed by atoms with Gasteiger partial charge in [-0.25, -0.2) is 0 Å². The van der Waals surface area contributed by atoms with Crippen LogP contribution in [-0.4, -0.2) is 37.7 Å². The minimum atomic E-state index is 0.446. The van der Waals surface area contributed by atoms with Crippen LogP contribution in [0.15, 0.2) is 24.3 Å². The minimum Gasteiger partial charge on any atom is -0.383 e. The van der Waals surface area contributed by atoms with Gasteiger partial charge in [-0.15, -0.1) is 0 Å². The number of benzene rings is 1. The van der Waals surface area contributed by atoms with Crippen LogP contribution in [0.4, 0.5) is 0 Å². The molecule has 1 aliphatic rings. The van der Waals surface area contributed by atoms with Gasteiger partial charge in [0.1, 0.15) is 0 Å². The zero-order valence-corrected chi connectivity index (χ0v) is 12.1. The Labute approximate surface area is 116 Å². The summed E-state index contributed by atoms with van der Waals surface area (Å²) in [5.74, 6) is 0.446. The molecule has 1 saturated carbocycles. The number of hydrogen-bond acceptors (Lipinski definition) is 3. The largest absolute Gasteiger partial charge is 0.383 e. The lowest BCUT2D eigenvalue weighted by Gasteiger charge is -2.22. The van der Waals surface area contributed by atoms with Gasteiger partial charge in [0.2, 0.25) is 0 Å². The van der Waals surface area contributed by atoms with Gasteiger partial charge in [0.15, 0.2) is 0 Å². The first-order valence-corrected chi connectivity index (χ1v) is 7.26. The predicted molar refractivity (Wildman–Crippen MR) is 79.2 cm³/mol. The zero-order chi connectivity index (χ0) is 13.7. The maximum absolute atomic E-state index is 5.70. The van der Waals surface area contributed by atoms with Gasteiger partial charge >= 0.3 is 0 Å². The molecule has 0 radical (unpaired) electrons. The molecule has 106 valence electrons. The van der Waals surface area contributed by atoms with E-state index in [1.54, 1.807) is 7.11 Å². The van der Waals surface area contributed by atoms with E-state index in [0.29, 0.717) is 12.5 Å². The summed E-state index contributed by atoms with van der Waals surface area (Å²) in [6.45, 7) is 5.76. The summed E-state index contributed by atoms with van der Waals surface area (Å²) >= 11 is 0. The Hall–Kier alpha value is -0.900. The van der Waals surface area contributed by atoms with Gasteiger partial charge in [0.05, 0.1) is 6.61 Å². The average molecular weight is 262 g/mol. The highest BCUT2D eigenvalue weighted by molar-refractivity contribution is 5.25. The Bertz CT molecular complexity index is 373. The average Bonchev–Trinajstić information content (AvgIpc) is 3.28. The van der Waals surface area contributed by atoms with Crippen molar-refractivity contribution in [1.82, 2.24) is 4.90 Å². The van der Waals surface area contributed by atoms with Crippen LogP contribution in [0, 0.1) is 0 Å². The monoisotopic (exact) mass is 262 g/mol. The molecule has 3 nitrogen and oxygen atoms in total. The van der Waals surface area contributed by atoms with Crippen molar-refractivity contribution in [3.05, 3.63) is 35.4 Å². The lowest BCUT2D eigenvalue weighted by molar-refractivity contribution is 0.139. The molecule has 1 atom stereocenters. The lowest BCUT2D eigenvalue weighted by Crippen LogP contribution is -2.29. The fourth-order valence-electron chi connectivity index (χ4n) is 2.36. The normalized spacial score (nSPS) is 16.8. The third-order valence-electron chi connectivity index (χ3n) is 3.93. The highest BCUT2D eigenvalue weighted by Gasteiger charge is 2.28. The number of nitrogens with two attached hydrogens (primary N) is 1. The van der Waals surface area contributed by atoms with Gasteiger partial charge in [-0.05, 0) is 36.4 Å². The summed E-state index contributed by atoms with van der Waals surface area (Å²) in [4.78, 5) is 2.53. The van der Waals surface area contributed by atoms with Crippen molar-refractivity contribution in [2.45, 2.75) is 38.3 Å². The van der Waals surface area contributed by atoms with Crippen molar-refractivity contribution in [2.75, 3.05) is 26.8 Å². The van der Waals surface area contributed by atoms with Crippen LogP contribution in [0.5, 0.6) is 0 Å². The summed E-state index contributed by atoms with van der Waals surface area (Å²) in [5, 5.41) is 0. The van der Waals surface area contributed by atoms with E-state index in [2.05, 4.69) is 36.1 Å². The van der Waals surface area contributed by atoms with Crippen LogP contribution in [-0.2, 0) is 11.3 Å². The first-order valence-electron chi connectivity index (χ1n) is 7.26. The van der Waals surface area contributed by atoms with E-state index in [9.17, 15) is 0 Å². The Balaban J connectivity index is 1.93. The maximum Gasteiger partial charge on any atom is 0.0589 e. The fourth-order valence-corrected chi connectivity index (χ4v) is 2.36. The van der Waals surface area contributed by atoms with E-state index in [-0.39, 0.29) is 0 Å². The van der Waals surface area contributed by atoms with Crippen molar-refractivity contribution in [1.29, 1.82) is 0 Å². The van der Waals surface area contributed by atoms with Gasteiger partial charge < -0.3 is 10.5 Å². The number of ether oxygens (including phenoxy) is 1. The van der Waals surface area contributed by atoms with E-state index < -0.39 is 0 Å². The zero-order valence-electron chi connectivity index (χ0n) is 12.1. The van der Waals surface area contributed by atoms with E-state index in [1.807, 2.05) is 0 Å². The van der Waals surface area contributed by atoms with E-state index in [4.69, 9.17) is 10.5 Å². The van der Waals surface area contributed by atoms with Crippen molar-refractivity contribution < 1.29 is 4.74 Å².